The summed E-state index contributed by atoms with van der Waals surface area (Å²) >= 11 is 5.89. The van der Waals surface area contributed by atoms with Crippen molar-refractivity contribution in [3.8, 4) is 17.0 Å². The zero-order valence-electron chi connectivity index (χ0n) is 11.1. The first-order valence-electron chi connectivity index (χ1n) is 5.83. The first-order chi connectivity index (χ1) is 9.85. The van der Waals surface area contributed by atoms with E-state index in [0.717, 1.165) is 0 Å². The Balaban J connectivity index is 2.66. The number of benzene rings is 1. The van der Waals surface area contributed by atoms with Crippen molar-refractivity contribution in [2.45, 2.75) is 6.18 Å². The number of hydrogen-bond donors (Lipinski definition) is 1. The maximum absolute atomic E-state index is 12.9. The van der Waals surface area contributed by atoms with Gasteiger partial charge in [-0.15, -0.1) is 0 Å². The van der Waals surface area contributed by atoms with Crippen molar-refractivity contribution in [2.75, 3.05) is 19.5 Å². The molecule has 1 aromatic carbocycles. The van der Waals surface area contributed by atoms with Crippen molar-refractivity contribution in [1.29, 1.82) is 0 Å². The van der Waals surface area contributed by atoms with Crippen LogP contribution in [0.15, 0.2) is 24.3 Å². The average Bonchev–Trinajstić information content (AvgIpc) is 2.45. The third-order valence-electron chi connectivity index (χ3n) is 2.67. The molecule has 0 saturated heterocycles. The Bertz CT molecular complexity index is 662. The fourth-order valence-corrected chi connectivity index (χ4v) is 1.89. The SMILES string of the molecule is CNc1cc(-c2cc(Cl)ccc2OC)nc(C(F)(F)F)n1. The zero-order valence-corrected chi connectivity index (χ0v) is 11.9. The lowest BCUT2D eigenvalue weighted by Crippen LogP contribution is -2.13. The largest absolute Gasteiger partial charge is 0.496 e. The van der Waals surface area contributed by atoms with E-state index in [1.165, 1.54) is 26.3 Å². The number of nitrogens with zero attached hydrogens (tertiary/aromatic N) is 2. The van der Waals surface area contributed by atoms with Gasteiger partial charge in [0.05, 0.1) is 12.8 Å². The summed E-state index contributed by atoms with van der Waals surface area (Å²) in [5, 5.41) is 2.94. The predicted molar refractivity (Wildman–Crippen MR) is 73.6 cm³/mol. The number of halogens is 4. The third-order valence-corrected chi connectivity index (χ3v) is 2.91. The number of alkyl halides is 3. The lowest BCUT2D eigenvalue weighted by atomic mass is 10.1. The highest BCUT2D eigenvalue weighted by Gasteiger charge is 2.35. The average molecular weight is 318 g/mol. The predicted octanol–water partition coefficient (Wildman–Crippen LogP) is 3.87. The molecule has 0 atom stereocenters. The minimum Gasteiger partial charge on any atom is -0.496 e. The van der Waals surface area contributed by atoms with Crippen LogP contribution in [-0.4, -0.2) is 24.1 Å². The molecule has 0 saturated carbocycles. The molecule has 2 aromatic rings. The van der Waals surface area contributed by atoms with Crippen molar-refractivity contribution in [3.05, 3.63) is 35.1 Å². The quantitative estimate of drug-likeness (QED) is 0.933. The summed E-state index contributed by atoms with van der Waals surface area (Å²) in [5.74, 6) is -0.811. The van der Waals surface area contributed by atoms with Gasteiger partial charge in [-0.1, -0.05) is 11.6 Å². The van der Waals surface area contributed by atoms with E-state index in [2.05, 4.69) is 15.3 Å². The van der Waals surface area contributed by atoms with Crippen LogP contribution in [0.2, 0.25) is 5.02 Å². The van der Waals surface area contributed by atoms with Gasteiger partial charge in [0, 0.05) is 23.7 Å². The van der Waals surface area contributed by atoms with Gasteiger partial charge >= 0.3 is 6.18 Å². The molecular weight excluding hydrogens is 307 g/mol. The lowest BCUT2D eigenvalue weighted by molar-refractivity contribution is -0.144. The molecular formula is C13H11ClF3N3O. The van der Waals surface area contributed by atoms with E-state index in [1.54, 1.807) is 12.1 Å². The van der Waals surface area contributed by atoms with E-state index in [-0.39, 0.29) is 11.5 Å². The first-order valence-corrected chi connectivity index (χ1v) is 6.21. The highest BCUT2D eigenvalue weighted by atomic mass is 35.5. The minimum atomic E-state index is -4.65. The van der Waals surface area contributed by atoms with Gasteiger partial charge in [0.2, 0.25) is 5.82 Å². The van der Waals surface area contributed by atoms with Crippen LogP contribution in [0.1, 0.15) is 5.82 Å². The van der Waals surface area contributed by atoms with Crippen molar-refractivity contribution >= 4 is 17.4 Å². The van der Waals surface area contributed by atoms with Gasteiger partial charge in [0.25, 0.3) is 0 Å². The summed E-state index contributed by atoms with van der Waals surface area (Å²) in [5.41, 5.74) is 0.426. The summed E-state index contributed by atoms with van der Waals surface area (Å²) in [4.78, 5) is 6.96. The molecule has 0 radical (unpaired) electrons. The fraction of sp³-hybridized carbons (Fsp3) is 0.231. The van der Waals surface area contributed by atoms with Crippen molar-refractivity contribution in [2.24, 2.45) is 0 Å². The second-order valence-electron chi connectivity index (χ2n) is 4.05. The van der Waals surface area contributed by atoms with Crippen LogP contribution >= 0.6 is 11.6 Å². The maximum atomic E-state index is 12.9. The van der Waals surface area contributed by atoms with Gasteiger partial charge in [-0.25, -0.2) is 9.97 Å². The molecule has 1 heterocycles. The molecule has 0 amide bonds. The lowest BCUT2D eigenvalue weighted by Gasteiger charge is -2.12. The number of nitrogens with one attached hydrogen (secondary N) is 1. The van der Waals surface area contributed by atoms with E-state index in [9.17, 15) is 13.2 Å². The summed E-state index contributed by atoms with van der Waals surface area (Å²) in [6.45, 7) is 0. The standard InChI is InChI=1S/C13H11ClF3N3O/c1-18-11-6-9(19-12(20-11)13(15,16)17)8-5-7(14)3-4-10(8)21-2/h3-6H,1-2H3,(H,18,19,20). The monoisotopic (exact) mass is 317 g/mol. The number of aromatic nitrogens is 2. The molecule has 0 fully saturated rings. The van der Waals surface area contributed by atoms with Crippen molar-refractivity contribution in [1.82, 2.24) is 9.97 Å². The molecule has 0 bridgehead atoms. The Hall–Kier alpha value is -2.02. The molecule has 0 aliphatic heterocycles. The van der Waals surface area contributed by atoms with Gasteiger partial charge in [-0.2, -0.15) is 13.2 Å². The highest BCUT2D eigenvalue weighted by Crippen LogP contribution is 2.34. The molecule has 0 aliphatic rings. The second kappa shape index (κ2) is 5.77. The van der Waals surface area contributed by atoms with E-state index in [4.69, 9.17) is 16.3 Å². The van der Waals surface area contributed by atoms with Crippen molar-refractivity contribution in [3.63, 3.8) is 0 Å². The Kier molecular flexibility index (Phi) is 4.22. The molecule has 8 heteroatoms. The van der Waals surface area contributed by atoms with E-state index >= 15 is 0 Å². The summed E-state index contributed by atoms with van der Waals surface area (Å²) in [6, 6.07) is 6.02. The summed E-state index contributed by atoms with van der Waals surface area (Å²) in [7, 11) is 2.89. The van der Waals surface area contributed by atoms with Crippen LogP contribution in [0.25, 0.3) is 11.3 Å². The third kappa shape index (κ3) is 3.36. The molecule has 1 N–H and O–H groups in total. The normalized spacial score (nSPS) is 11.3. The number of ether oxygens (including phenoxy) is 1. The maximum Gasteiger partial charge on any atom is 0.451 e. The molecule has 112 valence electrons. The van der Waals surface area contributed by atoms with Crippen molar-refractivity contribution < 1.29 is 17.9 Å². The van der Waals surface area contributed by atoms with E-state index in [0.29, 0.717) is 16.3 Å². The van der Waals surface area contributed by atoms with Gasteiger partial charge in [-0.05, 0) is 18.2 Å². The smallest absolute Gasteiger partial charge is 0.451 e. The van der Waals surface area contributed by atoms with Crippen LogP contribution in [0.5, 0.6) is 5.75 Å². The number of hydrogen-bond acceptors (Lipinski definition) is 4. The first kappa shape index (κ1) is 15.4. The van der Waals surface area contributed by atoms with Gasteiger partial charge in [0.15, 0.2) is 0 Å². The topological polar surface area (TPSA) is 47.0 Å². The summed E-state index contributed by atoms with van der Waals surface area (Å²) < 4.78 is 43.7. The molecule has 0 spiro atoms. The van der Waals surface area contributed by atoms with Crippen LogP contribution in [0, 0.1) is 0 Å². The number of methoxy groups -OCH3 is 1. The molecule has 2 rings (SSSR count). The fourth-order valence-electron chi connectivity index (χ4n) is 1.72. The van der Waals surface area contributed by atoms with Crippen LogP contribution in [0.3, 0.4) is 0 Å². The Labute approximate surface area is 123 Å². The molecule has 0 aliphatic carbocycles. The van der Waals surface area contributed by atoms with E-state index in [1.807, 2.05) is 0 Å². The van der Waals surface area contributed by atoms with E-state index < -0.39 is 12.0 Å². The minimum absolute atomic E-state index is 0.0503. The Morgan fingerprint density at radius 1 is 1.19 bits per heavy atom. The van der Waals surface area contributed by atoms with Gasteiger partial charge < -0.3 is 10.1 Å². The Morgan fingerprint density at radius 2 is 1.90 bits per heavy atom. The second-order valence-corrected chi connectivity index (χ2v) is 4.49. The zero-order chi connectivity index (χ0) is 15.6. The highest BCUT2D eigenvalue weighted by molar-refractivity contribution is 6.30. The van der Waals surface area contributed by atoms with Crippen LogP contribution in [-0.2, 0) is 6.18 Å². The van der Waals surface area contributed by atoms with Crippen LogP contribution < -0.4 is 10.1 Å². The number of rotatable bonds is 3. The molecule has 21 heavy (non-hydrogen) atoms. The summed E-state index contributed by atoms with van der Waals surface area (Å²) in [6.07, 6.45) is -4.65. The van der Waals surface area contributed by atoms with Gasteiger partial charge in [-0.3, -0.25) is 0 Å². The van der Waals surface area contributed by atoms with Gasteiger partial charge in [0.1, 0.15) is 11.6 Å². The number of anilines is 1. The Morgan fingerprint density at radius 3 is 2.48 bits per heavy atom. The molecule has 1 aromatic heterocycles. The van der Waals surface area contributed by atoms with Crippen LogP contribution in [0.4, 0.5) is 19.0 Å². The molecule has 4 nitrogen and oxygen atoms in total. The molecule has 0 unspecified atom stereocenters.